The molecule has 0 spiro atoms. The van der Waals surface area contributed by atoms with E-state index in [9.17, 15) is 4.79 Å². The molecule has 114 valence electrons. The Hall–Kier alpha value is -2.36. The van der Waals surface area contributed by atoms with Crippen LogP contribution in [0, 0.1) is 0 Å². The fourth-order valence-electron chi connectivity index (χ4n) is 2.76. The Kier molecular flexibility index (Phi) is 3.61. The average Bonchev–Trinajstić information content (AvgIpc) is 2.89. The SMILES string of the molecule is CC(C)(C)Nc1cncc(C(=O)N2CCc3ccccc32)c1. The number of rotatable bonds is 2. The molecule has 0 aliphatic carbocycles. The maximum Gasteiger partial charge on any atom is 0.259 e. The highest BCUT2D eigenvalue weighted by Crippen LogP contribution is 2.29. The highest BCUT2D eigenvalue weighted by atomic mass is 16.2. The van der Waals surface area contributed by atoms with E-state index in [1.807, 2.05) is 29.2 Å². The molecule has 2 aromatic rings. The first-order chi connectivity index (χ1) is 10.4. The van der Waals surface area contributed by atoms with E-state index in [0.717, 1.165) is 24.3 Å². The van der Waals surface area contributed by atoms with Crippen molar-refractivity contribution in [2.24, 2.45) is 0 Å². The van der Waals surface area contributed by atoms with Gasteiger partial charge in [0.25, 0.3) is 5.91 Å². The largest absolute Gasteiger partial charge is 0.379 e. The van der Waals surface area contributed by atoms with Gasteiger partial charge in [-0.2, -0.15) is 0 Å². The summed E-state index contributed by atoms with van der Waals surface area (Å²) in [4.78, 5) is 18.8. The van der Waals surface area contributed by atoms with E-state index in [-0.39, 0.29) is 11.4 Å². The number of carbonyl (C=O) groups excluding carboxylic acids is 1. The average molecular weight is 295 g/mol. The third-order valence-electron chi connectivity index (χ3n) is 3.64. The van der Waals surface area contributed by atoms with Gasteiger partial charge in [-0.05, 0) is 44.9 Å². The lowest BCUT2D eigenvalue weighted by molar-refractivity contribution is 0.0989. The number of benzene rings is 1. The highest BCUT2D eigenvalue weighted by molar-refractivity contribution is 6.07. The van der Waals surface area contributed by atoms with E-state index in [1.165, 1.54) is 5.56 Å². The molecule has 3 rings (SSSR count). The number of hydrogen-bond donors (Lipinski definition) is 1. The van der Waals surface area contributed by atoms with Gasteiger partial charge in [0.15, 0.2) is 0 Å². The Morgan fingerprint density at radius 1 is 1.23 bits per heavy atom. The second kappa shape index (κ2) is 5.44. The third-order valence-corrected chi connectivity index (χ3v) is 3.64. The van der Waals surface area contributed by atoms with Gasteiger partial charge in [-0.3, -0.25) is 9.78 Å². The summed E-state index contributed by atoms with van der Waals surface area (Å²) >= 11 is 0. The summed E-state index contributed by atoms with van der Waals surface area (Å²) in [5.41, 5.74) is 3.66. The lowest BCUT2D eigenvalue weighted by atomic mass is 10.1. The minimum absolute atomic E-state index is 0.00927. The number of hydrogen-bond acceptors (Lipinski definition) is 3. The van der Waals surface area contributed by atoms with Crippen LogP contribution < -0.4 is 10.2 Å². The summed E-state index contributed by atoms with van der Waals surface area (Å²) < 4.78 is 0. The third kappa shape index (κ3) is 2.96. The zero-order chi connectivity index (χ0) is 15.7. The van der Waals surface area contributed by atoms with Crippen LogP contribution in [0.15, 0.2) is 42.7 Å². The van der Waals surface area contributed by atoms with Gasteiger partial charge in [0.2, 0.25) is 0 Å². The number of anilines is 2. The zero-order valence-corrected chi connectivity index (χ0v) is 13.3. The topological polar surface area (TPSA) is 45.2 Å². The number of fused-ring (bicyclic) bond motifs is 1. The Morgan fingerprint density at radius 3 is 2.77 bits per heavy atom. The molecule has 0 radical (unpaired) electrons. The van der Waals surface area contributed by atoms with Gasteiger partial charge in [-0.15, -0.1) is 0 Å². The molecule has 0 bridgehead atoms. The maximum atomic E-state index is 12.8. The molecule has 1 amide bonds. The smallest absolute Gasteiger partial charge is 0.259 e. The van der Waals surface area contributed by atoms with Crippen molar-refractivity contribution in [3.8, 4) is 0 Å². The zero-order valence-electron chi connectivity index (χ0n) is 13.3. The van der Waals surface area contributed by atoms with Crippen molar-refractivity contribution in [2.45, 2.75) is 32.7 Å². The molecule has 1 aliphatic heterocycles. The standard InChI is InChI=1S/C18H21N3O/c1-18(2,3)20-15-10-14(11-19-12-15)17(22)21-9-8-13-6-4-5-7-16(13)21/h4-7,10-12,20H,8-9H2,1-3H3. The molecule has 4 nitrogen and oxygen atoms in total. The van der Waals surface area contributed by atoms with Crippen LogP contribution in [0.4, 0.5) is 11.4 Å². The highest BCUT2D eigenvalue weighted by Gasteiger charge is 2.25. The molecule has 1 aliphatic rings. The maximum absolute atomic E-state index is 12.8. The predicted octanol–water partition coefficient (Wildman–Crippen LogP) is 3.49. The fourth-order valence-corrected chi connectivity index (χ4v) is 2.76. The van der Waals surface area contributed by atoms with Gasteiger partial charge in [-0.1, -0.05) is 18.2 Å². The number of pyridine rings is 1. The van der Waals surface area contributed by atoms with Gasteiger partial charge in [0.1, 0.15) is 0 Å². The Bertz CT molecular complexity index is 703. The van der Waals surface area contributed by atoms with E-state index < -0.39 is 0 Å². The second-order valence-electron chi connectivity index (χ2n) is 6.67. The summed E-state index contributed by atoms with van der Waals surface area (Å²) in [6, 6.07) is 9.95. The number of nitrogens with one attached hydrogen (secondary N) is 1. The molecule has 1 N–H and O–H groups in total. The number of para-hydroxylation sites is 1. The van der Waals surface area contributed by atoms with Crippen molar-refractivity contribution in [3.63, 3.8) is 0 Å². The van der Waals surface area contributed by atoms with Crippen LogP contribution in [-0.4, -0.2) is 23.0 Å². The Labute approximate surface area is 131 Å². The predicted molar refractivity (Wildman–Crippen MR) is 89.4 cm³/mol. The van der Waals surface area contributed by atoms with Gasteiger partial charge < -0.3 is 10.2 Å². The molecule has 1 aromatic carbocycles. The minimum atomic E-state index is -0.0659. The van der Waals surface area contributed by atoms with Crippen molar-refractivity contribution in [1.82, 2.24) is 4.98 Å². The monoisotopic (exact) mass is 295 g/mol. The lowest BCUT2D eigenvalue weighted by Gasteiger charge is -2.22. The van der Waals surface area contributed by atoms with E-state index in [2.05, 4.69) is 37.1 Å². The molecule has 0 fully saturated rings. The van der Waals surface area contributed by atoms with Crippen molar-refractivity contribution in [2.75, 3.05) is 16.8 Å². The van der Waals surface area contributed by atoms with Crippen LogP contribution in [-0.2, 0) is 6.42 Å². The summed E-state index contributed by atoms with van der Waals surface area (Å²) in [6.45, 7) is 6.98. The second-order valence-corrected chi connectivity index (χ2v) is 6.67. The van der Waals surface area contributed by atoms with Crippen LogP contribution >= 0.6 is 0 Å². The van der Waals surface area contributed by atoms with Crippen molar-refractivity contribution in [3.05, 3.63) is 53.9 Å². The normalized spacial score (nSPS) is 13.9. The van der Waals surface area contributed by atoms with Crippen molar-refractivity contribution in [1.29, 1.82) is 0 Å². The number of aromatic nitrogens is 1. The van der Waals surface area contributed by atoms with Crippen molar-refractivity contribution >= 4 is 17.3 Å². The summed E-state index contributed by atoms with van der Waals surface area (Å²) in [5.74, 6) is 0.00927. The summed E-state index contributed by atoms with van der Waals surface area (Å²) in [6.07, 6.45) is 4.30. The number of carbonyl (C=O) groups is 1. The Morgan fingerprint density at radius 2 is 2.00 bits per heavy atom. The molecule has 4 heteroatoms. The van der Waals surface area contributed by atoms with Gasteiger partial charge in [-0.25, -0.2) is 0 Å². The van der Waals surface area contributed by atoms with E-state index >= 15 is 0 Å². The van der Waals surface area contributed by atoms with Crippen LogP contribution in [0.1, 0.15) is 36.7 Å². The van der Waals surface area contributed by atoms with Crippen LogP contribution in [0.2, 0.25) is 0 Å². The molecule has 0 saturated carbocycles. The van der Waals surface area contributed by atoms with Crippen molar-refractivity contribution < 1.29 is 4.79 Å². The molecule has 0 atom stereocenters. The molecule has 1 aromatic heterocycles. The lowest BCUT2D eigenvalue weighted by Crippen LogP contribution is -2.30. The number of amides is 1. The minimum Gasteiger partial charge on any atom is -0.379 e. The summed E-state index contributed by atoms with van der Waals surface area (Å²) in [7, 11) is 0. The number of nitrogens with zero attached hydrogens (tertiary/aromatic N) is 2. The molecule has 22 heavy (non-hydrogen) atoms. The first-order valence-electron chi connectivity index (χ1n) is 7.57. The molecule has 2 heterocycles. The summed E-state index contributed by atoms with van der Waals surface area (Å²) in [5, 5.41) is 3.35. The molecular weight excluding hydrogens is 274 g/mol. The quantitative estimate of drug-likeness (QED) is 0.922. The van der Waals surface area contributed by atoms with E-state index in [4.69, 9.17) is 0 Å². The Balaban J connectivity index is 1.86. The first-order valence-corrected chi connectivity index (χ1v) is 7.57. The van der Waals surface area contributed by atoms with Gasteiger partial charge >= 0.3 is 0 Å². The molecule has 0 unspecified atom stereocenters. The van der Waals surface area contributed by atoms with Crippen LogP contribution in [0.3, 0.4) is 0 Å². The first kappa shape index (κ1) is 14.6. The van der Waals surface area contributed by atoms with Gasteiger partial charge in [0, 0.05) is 30.2 Å². The molecule has 0 saturated heterocycles. The van der Waals surface area contributed by atoms with Crippen LogP contribution in [0.5, 0.6) is 0 Å². The fraction of sp³-hybridized carbons (Fsp3) is 0.333. The van der Waals surface area contributed by atoms with E-state index in [1.54, 1.807) is 12.4 Å². The van der Waals surface area contributed by atoms with Gasteiger partial charge in [0.05, 0.1) is 11.3 Å². The van der Waals surface area contributed by atoms with Crippen LogP contribution in [0.25, 0.3) is 0 Å². The van der Waals surface area contributed by atoms with E-state index in [0.29, 0.717) is 5.56 Å². The molecular formula is C18H21N3O.